The minimum Gasteiger partial charge on any atom is -0.490 e. The first-order valence-electron chi connectivity index (χ1n) is 9.30. The number of nitrogens with one attached hydrogen (secondary N) is 2. The normalized spacial score (nSPS) is 10.1. The summed E-state index contributed by atoms with van der Waals surface area (Å²) in [4.78, 5) is 0. The summed E-state index contributed by atoms with van der Waals surface area (Å²) in [7, 11) is 0. The van der Waals surface area contributed by atoms with Gasteiger partial charge in [0.15, 0.2) is 11.5 Å². The maximum atomic E-state index is 8.74. The van der Waals surface area contributed by atoms with Crippen LogP contribution in [0.3, 0.4) is 0 Å². The van der Waals surface area contributed by atoms with Crippen molar-refractivity contribution in [1.82, 2.24) is 10.6 Å². The van der Waals surface area contributed by atoms with Gasteiger partial charge in [-0.3, -0.25) is 0 Å². The van der Waals surface area contributed by atoms with Crippen molar-refractivity contribution in [2.24, 2.45) is 0 Å². The van der Waals surface area contributed by atoms with E-state index in [0.29, 0.717) is 42.8 Å². The van der Waals surface area contributed by atoms with Gasteiger partial charge in [-0.05, 0) is 37.1 Å². The average Bonchev–Trinajstić information content (AvgIpc) is 2.65. The molecule has 3 N–H and O–H groups in total. The molecule has 0 aliphatic carbocycles. The van der Waals surface area contributed by atoms with Gasteiger partial charge in [-0.1, -0.05) is 41.4 Å². The van der Waals surface area contributed by atoms with E-state index in [0.717, 1.165) is 24.2 Å². The number of aliphatic hydroxyl groups excluding tert-OH is 1. The highest BCUT2D eigenvalue weighted by Gasteiger charge is 2.13. The Morgan fingerprint density at radius 2 is 1.62 bits per heavy atom. The molecular formula is C21H31Cl3N2O3. The quantitative estimate of drug-likeness (QED) is 0.411. The average molecular weight is 466 g/mol. The molecule has 0 unspecified atom stereocenters. The molecule has 2 aromatic rings. The van der Waals surface area contributed by atoms with Crippen LogP contribution < -0.4 is 20.1 Å². The number of ether oxygens (including phenoxy) is 2. The van der Waals surface area contributed by atoms with E-state index in [-0.39, 0.29) is 31.4 Å². The molecule has 29 heavy (non-hydrogen) atoms. The number of halogens is 3. The molecule has 0 saturated heterocycles. The third kappa shape index (κ3) is 9.90. The summed E-state index contributed by atoms with van der Waals surface area (Å²) >= 11 is 6.47. The SMILES string of the molecule is CCOc1cc(CNCCNCCO)cc(Cl)c1OCc1ccc(C)cc1.Cl.Cl. The molecule has 2 aromatic carbocycles. The molecular weight excluding hydrogens is 435 g/mol. The molecule has 0 aliphatic rings. The van der Waals surface area contributed by atoms with Crippen molar-refractivity contribution >= 4 is 36.4 Å². The minimum atomic E-state index is 0. The van der Waals surface area contributed by atoms with Crippen molar-refractivity contribution in [3.8, 4) is 11.5 Å². The van der Waals surface area contributed by atoms with Crippen molar-refractivity contribution in [3.63, 3.8) is 0 Å². The van der Waals surface area contributed by atoms with Gasteiger partial charge in [0, 0.05) is 26.2 Å². The largest absolute Gasteiger partial charge is 0.490 e. The lowest BCUT2D eigenvalue weighted by molar-refractivity contribution is 0.269. The Bertz CT molecular complexity index is 700. The maximum absolute atomic E-state index is 8.74. The Hall–Kier alpha value is -1.21. The molecule has 0 saturated carbocycles. The summed E-state index contributed by atoms with van der Waals surface area (Å²) in [5.41, 5.74) is 3.34. The van der Waals surface area contributed by atoms with Gasteiger partial charge in [0.1, 0.15) is 6.61 Å². The number of benzene rings is 2. The highest BCUT2D eigenvalue weighted by atomic mass is 35.5. The van der Waals surface area contributed by atoms with Gasteiger partial charge in [0.2, 0.25) is 0 Å². The van der Waals surface area contributed by atoms with E-state index in [1.807, 2.05) is 31.2 Å². The van der Waals surface area contributed by atoms with Gasteiger partial charge in [-0.15, -0.1) is 24.8 Å². The third-order valence-electron chi connectivity index (χ3n) is 3.97. The van der Waals surface area contributed by atoms with E-state index >= 15 is 0 Å². The van der Waals surface area contributed by atoms with Gasteiger partial charge >= 0.3 is 0 Å². The van der Waals surface area contributed by atoms with Crippen LogP contribution in [0.4, 0.5) is 0 Å². The number of hydrogen-bond acceptors (Lipinski definition) is 5. The summed E-state index contributed by atoms with van der Waals surface area (Å²) in [6.07, 6.45) is 0. The Kier molecular flexibility index (Phi) is 15.0. The topological polar surface area (TPSA) is 62.8 Å². The summed E-state index contributed by atoms with van der Waals surface area (Å²) in [5.74, 6) is 1.24. The van der Waals surface area contributed by atoms with E-state index < -0.39 is 0 Å². The van der Waals surface area contributed by atoms with Crippen molar-refractivity contribution in [1.29, 1.82) is 0 Å². The van der Waals surface area contributed by atoms with Gasteiger partial charge in [-0.2, -0.15) is 0 Å². The Morgan fingerprint density at radius 3 is 2.28 bits per heavy atom. The summed E-state index contributed by atoms with van der Waals surface area (Å²) in [6, 6.07) is 12.1. The molecule has 0 bridgehead atoms. The molecule has 0 amide bonds. The lowest BCUT2D eigenvalue weighted by Crippen LogP contribution is -2.28. The molecule has 0 spiro atoms. The second-order valence-electron chi connectivity index (χ2n) is 6.26. The monoisotopic (exact) mass is 464 g/mol. The smallest absolute Gasteiger partial charge is 0.180 e. The van der Waals surface area contributed by atoms with Crippen LogP contribution in [-0.4, -0.2) is 38.0 Å². The zero-order valence-electron chi connectivity index (χ0n) is 16.9. The van der Waals surface area contributed by atoms with Crippen LogP contribution in [0, 0.1) is 6.92 Å². The van der Waals surface area contributed by atoms with Gasteiger partial charge in [-0.25, -0.2) is 0 Å². The van der Waals surface area contributed by atoms with Crippen molar-refractivity contribution in [3.05, 3.63) is 58.1 Å². The first-order chi connectivity index (χ1) is 13.1. The highest BCUT2D eigenvalue weighted by Crippen LogP contribution is 2.37. The molecule has 0 aromatic heterocycles. The fourth-order valence-corrected chi connectivity index (χ4v) is 2.87. The van der Waals surface area contributed by atoms with Crippen LogP contribution in [0.5, 0.6) is 11.5 Å². The Balaban J connectivity index is 0.00000392. The van der Waals surface area contributed by atoms with Crippen LogP contribution in [0.25, 0.3) is 0 Å². The van der Waals surface area contributed by atoms with Gasteiger partial charge in [0.05, 0.1) is 18.2 Å². The molecule has 0 heterocycles. The number of rotatable bonds is 12. The lowest BCUT2D eigenvalue weighted by Gasteiger charge is -2.16. The van der Waals surface area contributed by atoms with E-state index in [1.54, 1.807) is 0 Å². The second kappa shape index (κ2) is 15.6. The van der Waals surface area contributed by atoms with Crippen LogP contribution in [0.15, 0.2) is 36.4 Å². The zero-order chi connectivity index (χ0) is 19.5. The second-order valence-corrected chi connectivity index (χ2v) is 6.67. The van der Waals surface area contributed by atoms with Crippen LogP contribution in [-0.2, 0) is 13.2 Å². The van der Waals surface area contributed by atoms with Gasteiger partial charge in [0.25, 0.3) is 0 Å². The van der Waals surface area contributed by atoms with Crippen LogP contribution >= 0.6 is 36.4 Å². The summed E-state index contributed by atoms with van der Waals surface area (Å²) in [5, 5.41) is 15.8. The Labute approximate surface area is 191 Å². The molecule has 0 fully saturated rings. The standard InChI is InChI=1S/C21H29ClN2O3.2ClH/c1-3-26-20-13-18(14-24-9-8-23-10-11-25)12-19(22)21(20)27-15-17-6-4-16(2)5-7-17;;/h4-7,12-13,23-25H,3,8-11,14-15H2,1-2H3;2*1H. The zero-order valence-corrected chi connectivity index (χ0v) is 19.3. The predicted molar refractivity (Wildman–Crippen MR) is 124 cm³/mol. The first-order valence-corrected chi connectivity index (χ1v) is 9.67. The van der Waals surface area contributed by atoms with Crippen molar-refractivity contribution < 1.29 is 14.6 Å². The predicted octanol–water partition coefficient (Wildman–Crippen LogP) is 4.14. The summed E-state index contributed by atoms with van der Waals surface area (Å²) < 4.78 is 11.7. The lowest BCUT2D eigenvalue weighted by atomic mass is 10.1. The first kappa shape index (κ1) is 27.8. The molecule has 8 heteroatoms. The molecule has 0 aliphatic heterocycles. The fraction of sp³-hybridized carbons (Fsp3) is 0.429. The molecule has 0 atom stereocenters. The number of aliphatic hydroxyl groups is 1. The van der Waals surface area contributed by atoms with Crippen LogP contribution in [0.2, 0.25) is 5.02 Å². The number of aryl methyl sites for hydroxylation is 1. The molecule has 0 radical (unpaired) electrons. The third-order valence-corrected chi connectivity index (χ3v) is 4.25. The van der Waals surface area contributed by atoms with Gasteiger partial charge < -0.3 is 25.2 Å². The van der Waals surface area contributed by atoms with E-state index in [9.17, 15) is 0 Å². The Morgan fingerprint density at radius 1 is 0.931 bits per heavy atom. The van der Waals surface area contributed by atoms with E-state index in [1.165, 1.54) is 5.56 Å². The molecule has 164 valence electrons. The maximum Gasteiger partial charge on any atom is 0.180 e. The summed E-state index contributed by atoms with van der Waals surface area (Å²) in [6.45, 7) is 8.01. The molecule has 2 rings (SSSR count). The van der Waals surface area contributed by atoms with Crippen molar-refractivity contribution in [2.45, 2.75) is 27.0 Å². The fourth-order valence-electron chi connectivity index (χ4n) is 2.58. The van der Waals surface area contributed by atoms with Crippen molar-refractivity contribution in [2.75, 3.05) is 32.8 Å². The minimum absolute atomic E-state index is 0. The molecule has 5 nitrogen and oxygen atoms in total. The van der Waals surface area contributed by atoms with E-state index in [2.05, 4.69) is 29.7 Å². The number of hydrogen-bond donors (Lipinski definition) is 3. The highest BCUT2D eigenvalue weighted by molar-refractivity contribution is 6.32. The van der Waals surface area contributed by atoms with Crippen LogP contribution in [0.1, 0.15) is 23.6 Å². The van der Waals surface area contributed by atoms with E-state index in [4.69, 9.17) is 26.2 Å².